The lowest BCUT2D eigenvalue weighted by atomic mass is 9.96. The van der Waals surface area contributed by atoms with E-state index in [1.54, 1.807) is 32.0 Å². The number of piperidine rings is 1. The molecule has 0 N–H and O–H groups in total. The lowest BCUT2D eigenvalue weighted by Crippen LogP contribution is -2.39. The van der Waals surface area contributed by atoms with E-state index in [4.69, 9.17) is 16.0 Å². The second kappa shape index (κ2) is 8.31. The van der Waals surface area contributed by atoms with E-state index in [1.807, 2.05) is 0 Å². The summed E-state index contributed by atoms with van der Waals surface area (Å²) in [5.74, 6) is 0.264. The third-order valence-corrected chi connectivity index (χ3v) is 5.36. The first kappa shape index (κ1) is 20.3. The van der Waals surface area contributed by atoms with E-state index in [9.17, 15) is 14.0 Å². The van der Waals surface area contributed by atoms with Crippen LogP contribution in [0.3, 0.4) is 0 Å². The summed E-state index contributed by atoms with van der Waals surface area (Å²) < 4.78 is 19.6. The van der Waals surface area contributed by atoms with E-state index in [0.29, 0.717) is 43.3 Å². The number of hydrogen-bond acceptors (Lipinski definition) is 4. The van der Waals surface area contributed by atoms with Gasteiger partial charge in [-0.05, 0) is 31.9 Å². The van der Waals surface area contributed by atoms with Gasteiger partial charge in [0.1, 0.15) is 11.6 Å². The molecule has 0 spiro atoms. The molecule has 150 valence electrons. The fourth-order valence-electron chi connectivity index (χ4n) is 3.34. The standard InChI is InChI=1S/C20H23ClFN3O3/c1-12-18(20(27)24(2)3)23-19(28-12)13-7-9-25(10-8-13)17(26)11-14-15(21)5-4-6-16(14)22/h4-6,13H,7-11H2,1-3H3. The maximum absolute atomic E-state index is 13.9. The van der Waals surface area contributed by atoms with Gasteiger partial charge in [-0.2, -0.15) is 0 Å². The molecule has 0 radical (unpaired) electrons. The topological polar surface area (TPSA) is 66.7 Å². The van der Waals surface area contributed by atoms with Crippen molar-refractivity contribution >= 4 is 23.4 Å². The summed E-state index contributed by atoms with van der Waals surface area (Å²) in [5.41, 5.74) is 0.555. The number of carbonyl (C=O) groups is 2. The fourth-order valence-corrected chi connectivity index (χ4v) is 3.57. The largest absolute Gasteiger partial charge is 0.445 e. The molecule has 0 bridgehead atoms. The molecule has 0 aliphatic carbocycles. The van der Waals surface area contributed by atoms with Crippen molar-refractivity contribution in [1.29, 1.82) is 0 Å². The molecule has 8 heteroatoms. The highest BCUT2D eigenvalue weighted by molar-refractivity contribution is 6.31. The number of rotatable bonds is 4. The monoisotopic (exact) mass is 407 g/mol. The second-order valence-electron chi connectivity index (χ2n) is 7.19. The molecular formula is C20H23ClFN3O3. The minimum atomic E-state index is -0.468. The molecule has 1 aliphatic rings. The van der Waals surface area contributed by atoms with Crippen molar-refractivity contribution in [2.45, 2.75) is 32.1 Å². The van der Waals surface area contributed by atoms with E-state index in [0.717, 1.165) is 0 Å². The molecule has 1 aromatic carbocycles. The summed E-state index contributed by atoms with van der Waals surface area (Å²) in [7, 11) is 3.34. The zero-order valence-electron chi connectivity index (χ0n) is 16.2. The van der Waals surface area contributed by atoms with Crippen LogP contribution in [0.5, 0.6) is 0 Å². The van der Waals surface area contributed by atoms with Gasteiger partial charge in [-0.3, -0.25) is 9.59 Å². The summed E-state index contributed by atoms with van der Waals surface area (Å²) in [5, 5.41) is 0.261. The Morgan fingerprint density at radius 3 is 2.61 bits per heavy atom. The molecule has 1 saturated heterocycles. The summed E-state index contributed by atoms with van der Waals surface area (Å²) in [4.78, 5) is 32.2. The number of carbonyl (C=O) groups excluding carboxylic acids is 2. The van der Waals surface area contributed by atoms with Gasteiger partial charge in [0, 0.05) is 43.7 Å². The first-order chi connectivity index (χ1) is 13.3. The maximum atomic E-state index is 13.9. The Morgan fingerprint density at radius 2 is 2.00 bits per heavy atom. The van der Waals surface area contributed by atoms with Crippen molar-refractivity contribution in [3.8, 4) is 0 Å². The molecule has 28 heavy (non-hydrogen) atoms. The number of benzene rings is 1. The van der Waals surface area contributed by atoms with E-state index >= 15 is 0 Å². The van der Waals surface area contributed by atoms with Gasteiger partial charge in [0.2, 0.25) is 5.91 Å². The first-order valence-corrected chi connectivity index (χ1v) is 9.55. The Balaban J connectivity index is 1.62. The van der Waals surface area contributed by atoms with Gasteiger partial charge < -0.3 is 14.2 Å². The Bertz CT molecular complexity index is 869. The van der Waals surface area contributed by atoms with E-state index in [-0.39, 0.29) is 34.7 Å². The van der Waals surface area contributed by atoms with Crippen LogP contribution < -0.4 is 0 Å². The Labute approximate surface area is 168 Å². The molecule has 1 fully saturated rings. The normalized spacial score (nSPS) is 15.0. The first-order valence-electron chi connectivity index (χ1n) is 9.17. The molecule has 1 aromatic heterocycles. The maximum Gasteiger partial charge on any atom is 0.275 e. The molecule has 3 rings (SSSR count). The van der Waals surface area contributed by atoms with Crippen molar-refractivity contribution in [3.63, 3.8) is 0 Å². The number of amides is 2. The number of nitrogens with zero attached hydrogens (tertiary/aromatic N) is 3. The molecule has 2 aromatic rings. The highest BCUT2D eigenvalue weighted by Crippen LogP contribution is 2.30. The van der Waals surface area contributed by atoms with Crippen LogP contribution in [0.1, 0.15) is 46.5 Å². The highest BCUT2D eigenvalue weighted by Gasteiger charge is 2.29. The van der Waals surface area contributed by atoms with Gasteiger partial charge in [0.15, 0.2) is 11.6 Å². The lowest BCUT2D eigenvalue weighted by Gasteiger charge is -2.30. The number of aromatic nitrogens is 1. The Kier molecular flexibility index (Phi) is 6.03. The van der Waals surface area contributed by atoms with Crippen LogP contribution >= 0.6 is 11.6 Å². The van der Waals surface area contributed by atoms with Crippen molar-refractivity contribution in [2.75, 3.05) is 27.2 Å². The number of likely N-dealkylation sites (tertiary alicyclic amines) is 1. The Hall–Kier alpha value is -2.41. The molecule has 1 aliphatic heterocycles. The minimum Gasteiger partial charge on any atom is -0.445 e. The highest BCUT2D eigenvalue weighted by atomic mass is 35.5. The van der Waals surface area contributed by atoms with Crippen LogP contribution in [0.25, 0.3) is 0 Å². The summed E-state index contributed by atoms with van der Waals surface area (Å²) >= 11 is 6.02. The van der Waals surface area contributed by atoms with Crippen LogP contribution in [0.15, 0.2) is 22.6 Å². The Morgan fingerprint density at radius 1 is 1.32 bits per heavy atom. The smallest absolute Gasteiger partial charge is 0.275 e. The van der Waals surface area contributed by atoms with Crippen molar-refractivity contribution < 1.29 is 18.4 Å². The van der Waals surface area contributed by atoms with Crippen molar-refractivity contribution in [3.05, 3.63) is 51.9 Å². The van der Waals surface area contributed by atoms with Gasteiger partial charge >= 0.3 is 0 Å². The van der Waals surface area contributed by atoms with E-state index < -0.39 is 5.82 Å². The molecule has 0 unspecified atom stereocenters. The minimum absolute atomic E-state index is 0.0449. The van der Waals surface area contributed by atoms with Crippen LogP contribution in [-0.2, 0) is 11.2 Å². The number of aryl methyl sites for hydroxylation is 1. The van der Waals surface area contributed by atoms with Crippen LogP contribution in [-0.4, -0.2) is 53.8 Å². The van der Waals surface area contributed by atoms with Crippen molar-refractivity contribution in [2.24, 2.45) is 0 Å². The molecular weight excluding hydrogens is 385 g/mol. The summed E-state index contributed by atoms with van der Waals surface area (Å²) in [6.45, 7) is 2.77. The van der Waals surface area contributed by atoms with Crippen molar-refractivity contribution in [1.82, 2.24) is 14.8 Å². The zero-order chi connectivity index (χ0) is 20.4. The molecule has 6 nitrogen and oxygen atoms in total. The third-order valence-electron chi connectivity index (χ3n) is 5.01. The van der Waals surface area contributed by atoms with Gasteiger partial charge in [-0.1, -0.05) is 17.7 Å². The van der Waals surface area contributed by atoms with E-state index in [2.05, 4.69) is 4.98 Å². The number of hydrogen-bond donors (Lipinski definition) is 0. The van der Waals surface area contributed by atoms with E-state index in [1.165, 1.54) is 17.0 Å². The summed E-state index contributed by atoms with van der Waals surface area (Å²) in [6.07, 6.45) is 1.29. The lowest BCUT2D eigenvalue weighted by molar-refractivity contribution is -0.131. The number of halogens is 2. The molecule has 0 atom stereocenters. The van der Waals surface area contributed by atoms with Crippen LogP contribution in [0, 0.1) is 12.7 Å². The van der Waals surface area contributed by atoms with Crippen LogP contribution in [0.2, 0.25) is 5.02 Å². The van der Waals surface area contributed by atoms with Crippen LogP contribution in [0.4, 0.5) is 4.39 Å². The predicted octanol–water partition coefficient (Wildman–Crippen LogP) is 3.43. The van der Waals surface area contributed by atoms with Gasteiger partial charge in [0.05, 0.1) is 6.42 Å². The molecule has 2 amide bonds. The quantitative estimate of drug-likeness (QED) is 0.778. The average molecular weight is 408 g/mol. The average Bonchev–Trinajstić information content (AvgIpc) is 3.05. The van der Waals surface area contributed by atoms with Gasteiger partial charge in [-0.25, -0.2) is 9.37 Å². The molecule has 0 saturated carbocycles. The third kappa shape index (κ3) is 4.19. The number of oxazole rings is 1. The molecule has 2 heterocycles. The second-order valence-corrected chi connectivity index (χ2v) is 7.60. The fraction of sp³-hybridized carbons (Fsp3) is 0.450. The SMILES string of the molecule is Cc1oc(C2CCN(C(=O)Cc3c(F)cccc3Cl)CC2)nc1C(=O)N(C)C. The summed E-state index contributed by atoms with van der Waals surface area (Å²) in [6, 6.07) is 4.40. The predicted molar refractivity (Wildman–Crippen MR) is 103 cm³/mol. The van der Waals surface area contributed by atoms with Gasteiger partial charge in [0.25, 0.3) is 5.91 Å². The zero-order valence-corrected chi connectivity index (χ0v) is 16.9. The van der Waals surface area contributed by atoms with Gasteiger partial charge in [-0.15, -0.1) is 0 Å².